The summed E-state index contributed by atoms with van der Waals surface area (Å²) in [5, 5.41) is 2.84. The molecule has 19 heavy (non-hydrogen) atoms. The molecule has 2 aromatic rings. The average Bonchev–Trinajstić information content (AvgIpc) is 2.36. The zero-order valence-electron chi connectivity index (χ0n) is 11.2. The number of hydrogen-bond donors (Lipinski definition) is 1. The summed E-state index contributed by atoms with van der Waals surface area (Å²) in [4.78, 5) is 11.8. The van der Waals surface area contributed by atoms with Crippen molar-refractivity contribution in [3.05, 3.63) is 71.3 Å². The molecular weight excluding hydrogens is 234 g/mol. The quantitative estimate of drug-likeness (QED) is 0.822. The number of amides is 1. The molecular formula is C17H17NO. The average molecular weight is 251 g/mol. The summed E-state index contributed by atoms with van der Waals surface area (Å²) in [6.07, 6.45) is 3.37. The highest BCUT2D eigenvalue weighted by Crippen LogP contribution is 2.10. The topological polar surface area (TPSA) is 29.1 Å². The van der Waals surface area contributed by atoms with E-state index in [-0.39, 0.29) is 5.91 Å². The molecule has 0 aromatic heterocycles. The molecule has 0 unspecified atom stereocenters. The van der Waals surface area contributed by atoms with Gasteiger partial charge in [-0.05, 0) is 43.2 Å². The van der Waals surface area contributed by atoms with E-state index in [0.717, 1.165) is 16.8 Å². The van der Waals surface area contributed by atoms with Crippen molar-refractivity contribution in [3.8, 4) is 0 Å². The highest BCUT2D eigenvalue weighted by molar-refractivity contribution is 6.01. The minimum Gasteiger partial charge on any atom is -0.323 e. The van der Waals surface area contributed by atoms with Crippen LogP contribution in [-0.2, 0) is 4.79 Å². The van der Waals surface area contributed by atoms with Crippen LogP contribution in [0.4, 0.5) is 5.69 Å². The van der Waals surface area contributed by atoms with E-state index in [0.29, 0.717) is 0 Å². The van der Waals surface area contributed by atoms with Gasteiger partial charge in [-0.15, -0.1) is 0 Å². The van der Waals surface area contributed by atoms with Gasteiger partial charge in [0.25, 0.3) is 0 Å². The first-order valence-electron chi connectivity index (χ1n) is 6.26. The number of nitrogens with one attached hydrogen (secondary N) is 1. The van der Waals surface area contributed by atoms with Gasteiger partial charge in [-0.3, -0.25) is 4.79 Å². The number of anilines is 1. The van der Waals surface area contributed by atoms with Gasteiger partial charge in [0.15, 0.2) is 0 Å². The molecule has 0 atom stereocenters. The highest BCUT2D eigenvalue weighted by Gasteiger charge is 1.97. The summed E-state index contributed by atoms with van der Waals surface area (Å²) in [6.45, 7) is 4.03. The van der Waals surface area contributed by atoms with Gasteiger partial charge in [-0.25, -0.2) is 0 Å². The summed E-state index contributed by atoms with van der Waals surface area (Å²) >= 11 is 0. The molecule has 2 nitrogen and oxygen atoms in total. The molecule has 0 heterocycles. The van der Waals surface area contributed by atoms with Crippen LogP contribution in [0.25, 0.3) is 6.08 Å². The predicted octanol–water partition coefficient (Wildman–Crippen LogP) is 3.96. The van der Waals surface area contributed by atoms with Gasteiger partial charge in [0, 0.05) is 11.8 Å². The van der Waals surface area contributed by atoms with Crippen molar-refractivity contribution in [2.75, 3.05) is 5.32 Å². The van der Waals surface area contributed by atoms with Crippen LogP contribution in [0.15, 0.2) is 54.6 Å². The maximum atomic E-state index is 11.8. The fraction of sp³-hybridized carbons (Fsp3) is 0.118. The predicted molar refractivity (Wildman–Crippen MR) is 80.0 cm³/mol. The first-order chi connectivity index (χ1) is 9.13. The zero-order valence-corrected chi connectivity index (χ0v) is 11.2. The van der Waals surface area contributed by atoms with Crippen molar-refractivity contribution >= 4 is 17.7 Å². The lowest BCUT2D eigenvalue weighted by molar-refractivity contribution is -0.111. The Bertz CT molecular complexity index is 614. The van der Waals surface area contributed by atoms with Gasteiger partial charge in [-0.2, -0.15) is 0 Å². The molecule has 0 saturated carbocycles. The van der Waals surface area contributed by atoms with E-state index in [1.54, 1.807) is 6.08 Å². The number of carbonyl (C=O) groups is 1. The maximum absolute atomic E-state index is 11.8. The van der Waals surface area contributed by atoms with E-state index in [9.17, 15) is 4.79 Å². The smallest absolute Gasteiger partial charge is 0.248 e. The summed E-state index contributed by atoms with van der Waals surface area (Å²) in [5.41, 5.74) is 4.15. The van der Waals surface area contributed by atoms with Gasteiger partial charge in [-0.1, -0.05) is 42.0 Å². The highest BCUT2D eigenvalue weighted by atomic mass is 16.1. The van der Waals surface area contributed by atoms with E-state index in [4.69, 9.17) is 0 Å². The summed E-state index contributed by atoms with van der Waals surface area (Å²) < 4.78 is 0. The third-order valence-electron chi connectivity index (χ3n) is 2.75. The third-order valence-corrected chi connectivity index (χ3v) is 2.75. The van der Waals surface area contributed by atoms with E-state index in [1.807, 2.05) is 68.5 Å². The first-order valence-corrected chi connectivity index (χ1v) is 6.26. The number of hydrogen-bond acceptors (Lipinski definition) is 1. The van der Waals surface area contributed by atoms with E-state index in [2.05, 4.69) is 5.32 Å². The van der Waals surface area contributed by atoms with Crippen LogP contribution in [0.3, 0.4) is 0 Å². The molecule has 2 heteroatoms. The van der Waals surface area contributed by atoms with Crippen LogP contribution < -0.4 is 5.32 Å². The fourth-order valence-corrected chi connectivity index (χ4v) is 1.85. The summed E-state index contributed by atoms with van der Waals surface area (Å²) in [5.74, 6) is -0.118. The fourth-order valence-electron chi connectivity index (χ4n) is 1.85. The van der Waals surface area contributed by atoms with Crippen molar-refractivity contribution in [3.63, 3.8) is 0 Å². The molecule has 0 aliphatic carbocycles. The maximum Gasteiger partial charge on any atom is 0.248 e. The standard InChI is InChI=1S/C17H17NO/c1-13-5-3-7-15(11-13)9-10-17(19)18-16-8-4-6-14(2)12-16/h3-12H,1-2H3,(H,18,19)/b10-9+. The lowest BCUT2D eigenvalue weighted by atomic mass is 10.1. The van der Waals surface area contributed by atoms with Crippen molar-refractivity contribution in [2.24, 2.45) is 0 Å². The Morgan fingerprint density at radius 2 is 1.68 bits per heavy atom. The van der Waals surface area contributed by atoms with Crippen LogP contribution in [0.2, 0.25) is 0 Å². The third kappa shape index (κ3) is 4.11. The van der Waals surface area contributed by atoms with E-state index < -0.39 is 0 Å². The van der Waals surface area contributed by atoms with Gasteiger partial charge < -0.3 is 5.32 Å². The number of aryl methyl sites for hydroxylation is 2. The molecule has 2 aromatic carbocycles. The normalized spacial score (nSPS) is 10.6. The van der Waals surface area contributed by atoms with Gasteiger partial charge in [0.1, 0.15) is 0 Å². The zero-order chi connectivity index (χ0) is 13.7. The molecule has 1 N–H and O–H groups in total. The monoisotopic (exact) mass is 251 g/mol. The molecule has 0 radical (unpaired) electrons. The number of rotatable bonds is 3. The molecule has 0 saturated heterocycles. The Labute approximate surface area is 113 Å². The van der Waals surface area contributed by atoms with Crippen molar-refractivity contribution in [2.45, 2.75) is 13.8 Å². The second-order valence-corrected chi connectivity index (χ2v) is 4.61. The Balaban J connectivity index is 2.01. The van der Waals surface area contributed by atoms with Crippen molar-refractivity contribution in [1.82, 2.24) is 0 Å². The van der Waals surface area contributed by atoms with Crippen LogP contribution in [0.1, 0.15) is 16.7 Å². The number of benzene rings is 2. The lowest BCUT2D eigenvalue weighted by Gasteiger charge is -2.02. The van der Waals surface area contributed by atoms with Crippen LogP contribution in [0, 0.1) is 13.8 Å². The Morgan fingerprint density at radius 1 is 1.00 bits per heavy atom. The van der Waals surface area contributed by atoms with Crippen LogP contribution >= 0.6 is 0 Å². The van der Waals surface area contributed by atoms with Crippen molar-refractivity contribution in [1.29, 1.82) is 0 Å². The Kier molecular flexibility index (Phi) is 4.14. The van der Waals surface area contributed by atoms with Gasteiger partial charge in [0.2, 0.25) is 5.91 Å². The molecule has 0 spiro atoms. The molecule has 0 aliphatic heterocycles. The van der Waals surface area contributed by atoms with Crippen molar-refractivity contribution < 1.29 is 4.79 Å². The van der Waals surface area contributed by atoms with E-state index in [1.165, 1.54) is 5.56 Å². The van der Waals surface area contributed by atoms with E-state index >= 15 is 0 Å². The van der Waals surface area contributed by atoms with Crippen LogP contribution in [0.5, 0.6) is 0 Å². The summed E-state index contributed by atoms with van der Waals surface area (Å²) in [6, 6.07) is 15.8. The minimum absolute atomic E-state index is 0.118. The number of carbonyl (C=O) groups excluding carboxylic acids is 1. The lowest BCUT2D eigenvalue weighted by Crippen LogP contribution is -2.07. The summed E-state index contributed by atoms with van der Waals surface area (Å²) in [7, 11) is 0. The van der Waals surface area contributed by atoms with Gasteiger partial charge in [0.05, 0.1) is 0 Å². The Morgan fingerprint density at radius 3 is 2.37 bits per heavy atom. The molecule has 96 valence electrons. The second kappa shape index (κ2) is 6.01. The first kappa shape index (κ1) is 13.1. The minimum atomic E-state index is -0.118. The SMILES string of the molecule is Cc1cccc(/C=C/C(=O)Nc2cccc(C)c2)c1. The molecule has 2 rings (SSSR count). The van der Waals surface area contributed by atoms with Gasteiger partial charge >= 0.3 is 0 Å². The molecule has 0 bridgehead atoms. The largest absolute Gasteiger partial charge is 0.323 e. The van der Waals surface area contributed by atoms with Crippen LogP contribution in [-0.4, -0.2) is 5.91 Å². The Hall–Kier alpha value is -2.35. The molecule has 0 aliphatic rings. The molecule has 1 amide bonds. The second-order valence-electron chi connectivity index (χ2n) is 4.61. The molecule has 0 fully saturated rings.